The van der Waals surface area contributed by atoms with Gasteiger partial charge in [0.2, 0.25) is 0 Å². The fourth-order valence-corrected chi connectivity index (χ4v) is 3.34. The van der Waals surface area contributed by atoms with Crippen LogP contribution in [0.3, 0.4) is 0 Å². The number of H-pyrrole nitrogens is 1. The summed E-state index contributed by atoms with van der Waals surface area (Å²) < 4.78 is 5.73. The number of carbonyl (C=O) groups excluding carboxylic acids is 1. The van der Waals surface area contributed by atoms with E-state index in [1.807, 2.05) is 0 Å². The van der Waals surface area contributed by atoms with Gasteiger partial charge >= 0.3 is 0 Å². The molecule has 3 rings (SSSR count). The number of aromatic nitrogens is 1. The second-order valence-electron chi connectivity index (χ2n) is 5.37. The van der Waals surface area contributed by atoms with Crippen LogP contribution in [0.1, 0.15) is 20.8 Å². The van der Waals surface area contributed by atoms with Crippen molar-refractivity contribution in [1.29, 1.82) is 0 Å². The highest BCUT2D eigenvalue weighted by molar-refractivity contribution is 7.12. The highest BCUT2D eigenvalue weighted by Crippen LogP contribution is 2.27. The zero-order valence-corrected chi connectivity index (χ0v) is 16.2. The number of aromatic amines is 1. The van der Waals surface area contributed by atoms with Crippen molar-refractivity contribution in [1.82, 2.24) is 5.43 Å². The van der Waals surface area contributed by atoms with Gasteiger partial charge in [-0.05, 0) is 29.6 Å². The van der Waals surface area contributed by atoms with E-state index in [2.05, 4.69) is 15.5 Å². The molecule has 1 amide bonds. The van der Waals surface area contributed by atoms with Crippen LogP contribution in [0.5, 0.6) is 5.75 Å². The molecule has 0 unspecified atom stereocenters. The quantitative estimate of drug-likeness (QED) is 0.362. The van der Waals surface area contributed by atoms with Crippen LogP contribution in [0.4, 0.5) is 0 Å². The number of benzene rings is 1. The summed E-state index contributed by atoms with van der Waals surface area (Å²) in [6.07, 6.45) is 3.43. The first-order valence-electron chi connectivity index (χ1n) is 7.79. The first kappa shape index (κ1) is 19.2. The van der Waals surface area contributed by atoms with Gasteiger partial charge in [-0.25, -0.2) is 10.4 Å². The Morgan fingerprint density at radius 3 is 2.89 bits per heavy atom. The highest BCUT2D eigenvalue weighted by Gasteiger charge is 2.15. The maximum Gasteiger partial charge on any atom is 0.285 e. The second kappa shape index (κ2) is 8.85. The maximum absolute atomic E-state index is 12.4. The number of amides is 1. The molecular formula is C18H15Cl2N4O2S+. The van der Waals surface area contributed by atoms with Crippen LogP contribution in [0.15, 0.2) is 59.3 Å². The Morgan fingerprint density at radius 1 is 1.30 bits per heavy atom. The fraction of sp³-hybridized carbons (Fsp3) is 0.0556. The van der Waals surface area contributed by atoms with E-state index in [-0.39, 0.29) is 12.4 Å². The van der Waals surface area contributed by atoms with E-state index in [0.29, 0.717) is 26.2 Å². The summed E-state index contributed by atoms with van der Waals surface area (Å²) in [5.74, 6) is 0.211. The Morgan fingerprint density at radius 2 is 2.15 bits per heavy atom. The molecule has 2 heterocycles. The molecule has 2 aromatic heterocycles. The number of rotatable bonds is 6. The molecule has 0 saturated heterocycles. The number of halogens is 2. The van der Waals surface area contributed by atoms with Crippen molar-refractivity contribution in [2.24, 2.45) is 10.8 Å². The number of nitrogens with two attached hydrogens (primary N) is 1. The summed E-state index contributed by atoms with van der Waals surface area (Å²) in [6.45, 7) is 0.207. The topological polar surface area (TPSA) is 90.8 Å². The fourth-order valence-electron chi connectivity index (χ4n) is 2.15. The van der Waals surface area contributed by atoms with Gasteiger partial charge in [0.15, 0.2) is 18.2 Å². The average Bonchev–Trinajstić information content (AvgIpc) is 3.14. The van der Waals surface area contributed by atoms with E-state index in [1.165, 1.54) is 11.3 Å². The smallest absolute Gasteiger partial charge is 0.285 e. The predicted molar refractivity (Wildman–Crippen MR) is 106 cm³/mol. The Bertz CT molecular complexity index is 977. The number of hydrogen-bond acceptors (Lipinski definition) is 4. The molecule has 0 aliphatic heterocycles. The van der Waals surface area contributed by atoms with E-state index in [1.54, 1.807) is 54.2 Å². The van der Waals surface area contributed by atoms with Crippen molar-refractivity contribution >= 4 is 46.3 Å². The molecule has 0 atom stereocenters. The first-order valence-corrected chi connectivity index (χ1v) is 9.42. The third kappa shape index (κ3) is 4.97. The van der Waals surface area contributed by atoms with Crippen LogP contribution in [0.2, 0.25) is 10.0 Å². The van der Waals surface area contributed by atoms with Gasteiger partial charge in [-0.15, -0.1) is 11.3 Å². The maximum atomic E-state index is 12.4. The van der Waals surface area contributed by atoms with Crippen molar-refractivity contribution < 1.29 is 14.5 Å². The zero-order valence-electron chi connectivity index (χ0n) is 13.9. The van der Waals surface area contributed by atoms with Gasteiger partial charge in [-0.1, -0.05) is 29.3 Å². The van der Waals surface area contributed by atoms with Gasteiger partial charge < -0.3 is 10.5 Å². The monoisotopic (exact) mass is 421 g/mol. The van der Waals surface area contributed by atoms with Crippen LogP contribution < -0.4 is 20.9 Å². The van der Waals surface area contributed by atoms with E-state index in [9.17, 15) is 4.79 Å². The molecule has 0 saturated carbocycles. The highest BCUT2D eigenvalue weighted by atomic mass is 35.5. The van der Waals surface area contributed by atoms with E-state index < -0.39 is 5.91 Å². The predicted octanol–water partition coefficient (Wildman–Crippen LogP) is 3.50. The van der Waals surface area contributed by atoms with Crippen LogP contribution in [-0.2, 0) is 6.61 Å². The Labute approximate surface area is 169 Å². The lowest BCUT2D eigenvalue weighted by atomic mass is 10.2. The Hall–Kier alpha value is -2.61. The van der Waals surface area contributed by atoms with Crippen LogP contribution in [0, 0.1) is 0 Å². The number of nitrogens with one attached hydrogen (secondary N) is 2. The first-order chi connectivity index (χ1) is 13.0. The summed E-state index contributed by atoms with van der Waals surface area (Å²) in [6, 6.07) is 10.4. The standard InChI is InChI=1S/C18H14Cl2N4O2S/c19-13-4-3-12(14(20)8-13)10-26-15-5-7-27-16(15)18(25)24-23-17(21)11-2-1-6-22-9-11/h1-9H,10H2,(H2,21,23)(H,24,25)/p+1. The lowest BCUT2D eigenvalue weighted by Gasteiger charge is -2.08. The van der Waals surface area contributed by atoms with Gasteiger partial charge in [-0.2, -0.15) is 5.10 Å². The van der Waals surface area contributed by atoms with Crippen LogP contribution >= 0.6 is 34.5 Å². The molecule has 0 fully saturated rings. The molecule has 4 N–H and O–H groups in total. The minimum absolute atomic E-state index is 0.187. The van der Waals surface area contributed by atoms with Gasteiger partial charge in [0.05, 0.1) is 5.56 Å². The molecule has 138 valence electrons. The minimum Gasteiger partial charge on any atom is -0.487 e. The average molecular weight is 422 g/mol. The lowest BCUT2D eigenvalue weighted by Crippen LogP contribution is -2.24. The summed E-state index contributed by atoms with van der Waals surface area (Å²) in [5.41, 5.74) is 9.73. The molecule has 1 aromatic carbocycles. The molecule has 3 aromatic rings. The Kier molecular flexibility index (Phi) is 6.28. The molecule has 0 radical (unpaired) electrons. The van der Waals surface area contributed by atoms with Gasteiger partial charge in [0.1, 0.15) is 17.2 Å². The van der Waals surface area contributed by atoms with Crippen molar-refractivity contribution in [2.45, 2.75) is 6.61 Å². The number of pyridine rings is 1. The van der Waals surface area contributed by atoms with Gasteiger partial charge in [-0.3, -0.25) is 4.79 Å². The molecule has 0 aliphatic rings. The third-order valence-electron chi connectivity index (χ3n) is 3.51. The molecule has 27 heavy (non-hydrogen) atoms. The van der Waals surface area contributed by atoms with Crippen molar-refractivity contribution in [3.05, 3.63) is 80.2 Å². The van der Waals surface area contributed by atoms with E-state index in [0.717, 1.165) is 5.56 Å². The molecule has 0 aliphatic carbocycles. The lowest BCUT2D eigenvalue weighted by molar-refractivity contribution is -0.378. The number of hydrazone groups is 1. The number of carbonyl (C=O) groups is 1. The van der Waals surface area contributed by atoms with Crippen LogP contribution in [-0.4, -0.2) is 11.7 Å². The molecular weight excluding hydrogens is 407 g/mol. The molecule has 9 heteroatoms. The second-order valence-corrected chi connectivity index (χ2v) is 7.13. The Balaban J connectivity index is 1.66. The molecule has 0 bridgehead atoms. The van der Waals surface area contributed by atoms with Gasteiger partial charge in [0.25, 0.3) is 5.91 Å². The SMILES string of the molecule is NC(=NNC(=O)c1sccc1OCc1ccc(Cl)cc1Cl)c1ccc[nH+]c1. The summed E-state index contributed by atoms with van der Waals surface area (Å²) in [5, 5.41) is 6.73. The van der Waals surface area contributed by atoms with E-state index in [4.69, 9.17) is 33.7 Å². The number of hydrogen-bond donors (Lipinski definition) is 2. The number of nitrogens with zero attached hydrogens (tertiary/aromatic N) is 1. The van der Waals surface area contributed by atoms with Crippen molar-refractivity contribution in [3.63, 3.8) is 0 Å². The largest absolute Gasteiger partial charge is 0.487 e. The van der Waals surface area contributed by atoms with Crippen molar-refractivity contribution in [3.8, 4) is 5.75 Å². The van der Waals surface area contributed by atoms with E-state index >= 15 is 0 Å². The number of ether oxygens (including phenoxy) is 1. The molecule has 6 nitrogen and oxygen atoms in total. The summed E-state index contributed by atoms with van der Waals surface area (Å²) in [7, 11) is 0. The minimum atomic E-state index is -0.412. The summed E-state index contributed by atoms with van der Waals surface area (Å²) >= 11 is 13.3. The normalized spacial score (nSPS) is 11.3. The number of thiophene rings is 1. The van der Waals surface area contributed by atoms with Gasteiger partial charge in [0, 0.05) is 21.7 Å². The third-order valence-corrected chi connectivity index (χ3v) is 5.00. The molecule has 0 spiro atoms. The number of amidine groups is 1. The van der Waals surface area contributed by atoms with Crippen LogP contribution in [0.25, 0.3) is 0 Å². The zero-order chi connectivity index (χ0) is 19.2. The van der Waals surface area contributed by atoms with Crippen molar-refractivity contribution in [2.75, 3.05) is 0 Å². The summed E-state index contributed by atoms with van der Waals surface area (Å²) in [4.78, 5) is 15.7.